The van der Waals surface area contributed by atoms with Crippen LogP contribution < -0.4 is 11.1 Å². The van der Waals surface area contributed by atoms with Gasteiger partial charge in [-0.3, -0.25) is 4.79 Å². The van der Waals surface area contributed by atoms with Crippen LogP contribution in [0.1, 0.15) is 26.7 Å². The van der Waals surface area contributed by atoms with Gasteiger partial charge in [0.15, 0.2) is 0 Å². The number of halogens is 2. The van der Waals surface area contributed by atoms with E-state index in [1.54, 1.807) is 0 Å². The van der Waals surface area contributed by atoms with Gasteiger partial charge in [-0.1, -0.05) is 29.8 Å². The van der Waals surface area contributed by atoms with E-state index < -0.39 is 5.41 Å². The first-order valence-corrected chi connectivity index (χ1v) is 7.54. The summed E-state index contributed by atoms with van der Waals surface area (Å²) in [6.07, 6.45) is 1.47. The maximum Gasteiger partial charge on any atom is 0.231 e. The molecule has 0 radical (unpaired) electrons. The molecule has 0 fully saturated rings. The maximum absolute atomic E-state index is 12.3. The zero-order chi connectivity index (χ0) is 13.8. The summed E-state index contributed by atoms with van der Waals surface area (Å²) in [7, 11) is 0. The molecule has 0 bridgehead atoms. The van der Waals surface area contributed by atoms with Crippen LogP contribution in [0.2, 0.25) is 0 Å². The number of hydrogen-bond acceptors (Lipinski definition) is 2. The van der Waals surface area contributed by atoms with Gasteiger partial charge in [0.05, 0.1) is 11.1 Å². The van der Waals surface area contributed by atoms with Crippen molar-refractivity contribution in [3.8, 4) is 0 Å². The van der Waals surface area contributed by atoms with E-state index in [-0.39, 0.29) is 5.91 Å². The van der Waals surface area contributed by atoms with Gasteiger partial charge in [-0.25, -0.2) is 0 Å². The third kappa shape index (κ3) is 3.33. The molecule has 18 heavy (non-hydrogen) atoms. The molecule has 0 heterocycles. The monoisotopic (exact) mass is 376 g/mol. The highest BCUT2D eigenvalue weighted by molar-refractivity contribution is 9.11. The second kappa shape index (κ2) is 6.68. The number of carbonyl (C=O) groups excluding carboxylic acids is 1. The van der Waals surface area contributed by atoms with E-state index in [1.807, 2.05) is 32.0 Å². The lowest BCUT2D eigenvalue weighted by molar-refractivity contribution is -0.125. The number of rotatable bonds is 5. The van der Waals surface area contributed by atoms with Crippen molar-refractivity contribution in [1.29, 1.82) is 0 Å². The molecule has 0 saturated carbocycles. The summed E-state index contributed by atoms with van der Waals surface area (Å²) in [4.78, 5) is 12.3. The van der Waals surface area contributed by atoms with Gasteiger partial charge < -0.3 is 11.1 Å². The first-order valence-electron chi connectivity index (χ1n) is 5.95. The highest BCUT2D eigenvalue weighted by Crippen LogP contribution is 2.30. The van der Waals surface area contributed by atoms with Crippen molar-refractivity contribution < 1.29 is 4.79 Å². The molecule has 0 saturated heterocycles. The van der Waals surface area contributed by atoms with Crippen LogP contribution in [0.5, 0.6) is 0 Å². The van der Waals surface area contributed by atoms with E-state index in [2.05, 4.69) is 37.2 Å². The van der Waals surface area contributed by atoms with Gasteiger partial charge in [-0.2, -0.15) is 0 Å². The Balaban J connectivity index is 2.93. The van der Waals surface area contributed by atoms with Crippen molar-refractivity contribution in [2.24, 2.45) is 11.1 Å². The topological polar surface area (TPSA) is 55.1 Å². The quantitative estimate of drug-likeness (QED) is 0.817. The minimum absolute atomic E-state index is 0.0157. The number of amides is 1. The molecule has 0 aliphatic rings. The minimum atomic E-state index is -0.480. The smallest absolute Gasteiger partial charge is 0.231 e. The van der Waals surface area contributed by atoms with E-state index >= 15 is 0 Å². The van der Waals surface area contributed by atoms with Gasteiger partial charge >= 0.3 is 0 Å². The van der Waals surface area contributed by atoms with E-state index in [0.29, 0.717) is 6.54 Å². The van der Waals surface area contributed by atoms with Gasteiger partial charge in [-0.05, 0) is 47.0 Å². The van der Waals surface area contributed by atoms with Crippen LogP contribution in [0.25, 0.3) is 0 Å². The van der Waals surface area contributed by atoms with E-state index in [0.717, 1.165) is 27.5 Å². The van der Waals surface area contributed by atoms with E-state index in [9.17, 15) is 4.79 Å². The molecule has 0 atom stereocenters. The van der Waals surface area contributed by atoms with Crippen LogP contribution in [-0.2, 0) is 4.79 Å². The van der Waals surface area contributed by atoms with E-state index in [4.69, 9.17) is 5.73 Å². The number of hydrogen-bond donors (Lipinski definition) is 2. The van der Waals surface area contributed by atoms with Gasteiger partial charge in [-0.15, -0.1) is 0 Å². The van der Waals surface area contributed by atoms with Crippen molar-refractivity contribution in [1.82, 2.24) is 0 Å². The van der Waals surface area contributed by atoms with Crippen LogP contribution >= 0.6 is 31.9 Å². The Kier molecular flexibility index (Phi) is 5.82. The summed E-state index contributed by atoms with van der Waals surface area (Å²) in [6.45, 7) is 4.35. The second-order valence-electron chi connectivity index (χ2n) is 4.27. The largest absolute Gasteiger partial charge is 0.329 e. The summed E-state index contributed by atoms with van der Waals surface area (Å²) >= 11 is 6.81. The lowest BCUT2D eigenvalue weighted by atomic mass is 9.81. The Morgan fingerprint density at radius 2 is 1.94 bits per heavy atom. The van der Waals surface area contributed by atoms with Crippen LogP contribution in [-0.4, -0.2) is 12.5 Å². The molecule has 1 aromatic carbocycles. The summed E-state index contributed by atoms with van der Waals surface area (Å²) in [6, 6.07) is 5.65. The second-order valence-corrected chi connectivity index (χ2v) is 6.04. The SMILES string of the molecule is CCC(CC)(CN)C(=O)Nc1ccc(Br)cc1Br. The van der Waals surface area contributed by atoms with Crippen molar-refractivity contribution in [2.75, 3.05) is 11.9 Å². The lowest BCUT2D eigenvalue weighted by Crippen LogP contribution is -2.41. The molecule has 0 aromatic heterocycles. The number of carbonyl (C=O) groups is 1. The molecule has 0 unspecified atom stereocenters. The molecular weight excluding hydrogens is 360 g/mol. The third-order valence-electron chi connectivity index (χ3n) is 3.41. The van der Waals surface area contributed by atoms with Gasteiger partial charge in [0.2, 0.25) is 5.91 Å². The van der Waals surface area contributed by atoms with Crippen molar-refractivity contribution in [3.63, 3.8) is 0 Å². The van der Waals surface area contributed by atoms with Gasteiger partial charge in [0.25, 0.3) is 0 Å². The third-order valence-corrected chi connectivity index (χ3v) is 4.55. The first-order chi connectivity index (χ1) is 8.49. The Bertz CT molecular complexity index is 423. The fraction of sp³-hybridized carbons (Fsp3) is 0.462. The Morgan fingerprint density at radius 3 is 2.39 bits per heavy atom. The van der Waals surface area contributed by atoms with Gasteiger partial charge in [0.1, 0.15) is 0 Å². The predicted octanol–water partition coefficient (Wildman–Crippen LogP) is 3.92. The number of nitrogens with two attached hydrogens (primary N) is 1. The van der Waals surface area contributed by atoms with Crippen LogP contribution in [0.15, 0.2) is 27.1 Å². The van der Waals surface area contributed by atoms with Crippen molar-refractivity contribution >= 4 is 43.5 Å². The summed E-state index contributed by atoms with van der Waals surface area (Å²) in [5.74, 6) is -0.0157. The van der Waals surface area contributed by atoms with Gasteiger partial charge in [0, 0.05) is 15.5 Å². The van der Waals surface area contributed by atoms with Crippen molar-refractivity contribution in [3.05, 3.63) is 27.1 Å². The van der Waals surface area contributed by atoms with Crippen LogP contribution in [0.3, 0.4) is 0 Å². The molecule has 0 aliphatic carbocycles. The van der Waals surface area contributed by atoms with E-state index in [1.165, 1.54) is 0 Å². The molecule has 3 N–H and O–H groups in total. The lowest BCUT2D eigenvalue weighted by Gasteiger charge is -2.28. The van der Waals surface area contributed by atoms with Crippen LogP contribution in [0.4, 0.5) is 5.69 Å². The Hall–Kier alpha value is -0.390. The molecule has 0 spiro atoms. The molecule has 5 heteroatoms. The molecule has 1 aromatic rings. The zero-order valence-corrected chi connectivity index (χ0v) is 13.8. The molecule has 0 aliphatic heterocycles. The highest BCUT2D eigenvalue weighted by Gasteiger charge is 2.33. The minimum Gasteiger partial charge on any atom is -0.329 e. The first kappa shape index (κ1) is 15.7. The fourth-order valence-corrected chi connectivity index (χ4v) is 2.94. The number of anilines is 1. The average Bonchev–Trinajstić information content (AvgIpc) is 2.36. The normalized spacial score (nSPS) is 11.4. The Morgan fingerprint density at radius 1 is 1.33 bits per heavy atom. The highest BCUT2D eigenvalue weighted by atomic mass is 79.9. The molecule has 100 valence electrons. The predicted molar refractivity (Wildman–Crippen MR) is 82.5 cm³/mol. The zero-order valence-electron chi connectivity index (χ0n) is 10.6. The number of benzene rings is 1. The van der Waals surface area contributed by atoms with Crippen LogP contribution in [0, 0.1) is 5.41 Å². The fourth-order valence-electron chi connectivity index (χ4n) is 1.80. The standard InChI is InChI=1S/C13H18Br2N2O/c1-3-13(4-2,8-16)12(18)17-11-6-5-9(14)7-10(11)15/h5-7H,3-4,8,16H2,1-2H3,(H,17,18). The summed E-state index contributed by atoms with van der Waals surface area (Å²) in [5, 5.41) is 2.94. The summed E-state index contributed by atoms with van der Waals surface area (Å²) < 4.78 is 1.81. The van der Waals surface area contributed by atoms with Crippen molar-refractivity contribution in [2.45, 2.75) is 26.7 Å². The molecule has 1 rings (SSSR count). The molecule has 3 nitrogen and oxygen atoms in total. The number of nitrogens with one attached hydrogen (secondary N) is 1. The maximum atomic E-state index is 12.3. The Labute approximate surface area is 125 Å². The summed E-state index contributed by atoms with van der Waals surface area (Å²) in [5.41, 5.74) is 6.05. The average molecular weight is 378 g/mol. The molecular formula is C13H18Br2N2O. The molecule has 1 amide bonds.